The van der Waals surface area contributed by atoms with Crippen LogP contribution < -0.4 is 15.4 Å². The summed E-state index contributed by atoms with van der Waals surface area (Å²) in [5, 5.41) is 0. The molecule has 7 nitrogen and oxygen atoms in total. The second-order valence-corrected chi connectivity index (χ2v) is 9.09. The molecule has 1 aromatic carbocycles. The Kier molecular flexibility index (Phi) is 4.45. The lowest BCUT2D eigenvalue weighted by Gasteiger charge is -2.24. The molecule has 1 saturated heterocycles. The van der Waals surface area contributed by atoms with Crippen LogP contribution in [0.5, 0.6) is 0 Å². The van der Waals surface area contributed by atoms with Crippen LogP contribution >= 0.6 is 0 Å². The van der Waals surface area contributed by atoms with Gasteiger partial charge in [-0.15, -0.1) is 0 Å². The zero-order valence-corrected chi connectivity index (χ0v) is 13.4. The zero-order chi connectivity index (χ0) is 15.7. The number of nitrogen functional groups attached to an aromatic ring is 1. The number of nitrogens with two attached hydrogens (primary N) is 1. The van der Waals surface area contributed by atoms with Crippen molar-refractivity contribution < 1.29 is 16.8 Å². The van der Waals surface area contributed by atoms with Crippen LogP contribution in [0.1, 0.15) is 6.42 Å². The van der Waals surface area contributed by atoms with Gasteiger partial charge in [-0.25, -0.2) is 21.6 Å². The Morgan fingerprint density at radius 3 is 2.62 bits per heavy atom. The maximum Gasteiger partial charge on any atom is 0.242 e. The Hall–Kier alpha value is -1.32. The lowest BCUT2D eigenvalue weighted by molar-refractivity contribution is 0.587. The van der Waals surface area contributed by atoms with Crippen molar-refractivity contribution >= 4 is 31.2 Å². The van der Waals surface area contributed by atoms with E-state index in [9.17, 15) is 16.8 Å². The molecule has 9 heteroatoms. The number of anilines is 2. The third kappa shape index (κ3) is 3.66. The van der Waals surface area contributed by atoms with Crippen molar-refractivity contribution in [1.29, 1.82) is 0 Å². The highest BCUT2D eigenvalue weighted by Crippen LogP contribution is 2.28. The summed E-state index contributed by atoms with van der Waals surface area (Å²) in [6.45, 7) is 0.772. The third-order valence-corrected chi connectivity index (χ3v) is 6.60. The molecule has 3 N–H and O–H groups in total. The minimum atomic E-state index is -3.66. The van der Waals surface area contributed by atoms with E-state index in [0.29, 0.717) is 24.3 Å². The Balaban J connectivity index is 2.44. The van der Waals surface area contributed by atoms with Crippen molar-refractivity contribution in [3.05, 3.63) is 18.2 Å². The first-order chi connectivity index (χ1) is 9.75. The Bertz CT molecular complexity index is 729. The SMILES string of the molecule is CNS(=O)(=O)c1cc(N)ccc1N1CCCS(=O)(=O)CC1. The van der Waals surface area contributed by atoms with E-state index < -0.39 is 19.9 Å². The maximum absolute atomic E-state index is 12.1. The van der Waals surface area contributed by atoms with E-state index in [4.69, 9.17) is 5.73 Å². The van der Waals surface area contributed by atoms with Crippen LogP contribution in [0.4, 0.5) is 11.4 Å². The molecule has 2 rings (SSSR count). The lowest BCUT2D eigenvalue weighted by Crippen LogP contribution is -2.30. The molecule has 0 radical (unpaired) electrons. The number of benzene rings is 1. The van der Waals surface area contributed by atoms with Gasteiger partial charge in [0.2, 0.25) is 10.0 Å². The van der Waals surface area contributed by atoms with Crippen molar-refractivity contribution in [3.63, 3.8) is 0 Å². The third-order valence-electron chi connectivity index (χ3n) is 3.44. The van der Waals surface area contributed by atoms with Gasteiger partial charge in [0, 0.05) is 18.8 Å². The van der Waals surface area contributed by atoms with Gasteiger partial charge in [-0.05, 0) is 31.7 Å². The highest BCUT2D eigenvalue weighted by Gasteiger charge is 2.24. The maximum atomic E-state index is 12.1. The lowest BCUT2D eigenvalue weighted by atomic mass is 10.2. The van der Waals surface area contributed by atoms with Gasteiger partial charge in [0.25, 0.3) is 0 Å². The van der Waals surface area contributed by atoms with Crippen LogP contribution in [0, 0.1) is 0 Å². The molecule has 1 fully saturated rings. The van der Waals surface area contributed by atoms with Gasteiger partial charge in [0.1, 0.15) is 4.90 Å². The Morgan fingerprint density at radius 2 is 1.95 bits per heavy atom. The Morgan fingerprint density at radius 1 is 1.24 bits per heavy atom. The van der Waals surface area contributed by atoms with E-state index in [1.54, 1.807) is 17.0 Å². The normalized spacial score (nSPS) is 19.2. The number of hydrogen-bond acceptors (Lipinski definition) is 6. The van der Waals surface area contributed by atoms with Crippen molar-refractivity contribution in [3.8, 4) is 0 Å². The highest BCUT2D eigenvalue weighted by atomic mass is 32.2. The molecule has 0 aromatic heterocycles. The van der Waals surface area contributed by atoms with Crippen LogP contribution in [0.3, 0.4) is 0 Å². The summed E-state index contributed by atoms with van der Waals surface area (Å²) in [5.74, 6) is 0.156. The molecule has 0 spiro atoms. The first kappa shape index (κ1) is 16.1. The van der Waals surface area contributed by atoms with Gasteiger partial charge in [-0.2, -0.15) is 0 Å². The second-order valence-electron chi connectivity index (χ2n) is 4.93. The fraction of sp³-hybridized carbons (Fsp3) is 0.500. The van der Waals surface area contributed by atoms with E-state index in [1.165, 1.54) is 13.1 Å². The molecule has 0 unspecified atom stereocenters. The van der Waals surface area contributed by atoms with Gasteiger partial charge in [-0.1, -0.05) is 0 Å². The van der Waals surface area contributed by atoms with E-state index >= 15 is 0 Å². The van der Waals surface area contributed by atoms with E-state index in [2.05, 4.69) is 4.72 Å². The van der Waals surface area contributed by atoms with Crippen molar-refractivity contribution in [2.75, 3.05) is 42.3 Å². The van der Waals surface area contributed by atoms with Gasteiger partial charge in [0.15, 0.2) is 9.84 Å². The number of nitrogens with zero attached hydrogens (tertiary/aromatic N) is 1. The molecule has 1 aliphatic heterocycles. The minimum Gasteiger partial charge on any atom is -0.399 e. The summed E-state index contributed by atoms with van der Waals surface area (Å²) in [5.41, 5.74) is 6.50. The largest absolute Gasteiger partial charge is 0.399 e. The molecule has 21 heavy (non-hydrogen) atoms. The molecule has 0 aliphatic carbocycles. The quantitative estimate of drug-likeness (QED) is 0.742. The van der Waals surface area contributed by atoms with Gasteiger partial charge < -0.3 is 10.6 Å². The number of hydrogen-bond donors (Lipinski definition) is 2. The highest BCUT2D eigenvalue weighted by molar-refractivity contribution is 7.91. The fourth-order valence-electron chi connectivity index (χ4n) is 2.30. The van der Waals surface area contributed by atoms with Gasteiger partial charge >= 0.3 is 0 Å². The number of rotatable bonds is 3. The van der Waals surface area contributed by atoms with Gasteiger partial charge in [-0.3, -0.25) is 0 Å². The summed E-state index contributed by atoms with van der Waals surface area (Å²) < 4.78 is 49.8. The summed E-state index contributed by atoms with van der Waals surface area (Å²) >= 11 is 0. The smallest absolute Gasteiger partial charge is 0.242 e. The monoisotopic (exact) mass is 333 g/mol. The van der Waals surface area contributed by atoms with Crippen LogP contribution in [0.15, 0.2) is 23.1 Å². The second kappa shape index (κ2) is 5.82. The molecule has 0 atom stereocenters. The first-order valence-corrected chi connectivity index (χ1v) is 9.84. The van der Waals surface area contributed by atoms with E-state index in [0.717, 1.165) is 0 Å². The Labute approximate surface area is 125 Å². The molecule has 1 aromatic rings. The summed E-state index contributed by atoms with van der Waals surface area (Å²) in [6.07, 6.45) is 0.478. The van der Waals surface area contributed by atoms with E-state index in [1.807, 2.05) is 0 Å². The average Bonchev–Trinajstić information content (AvgIpc) is 2.60. The minimum absolute atomic E-state index is 0.0242. The predicted molar refractivity (Wildman–Crippen MR) is 82.6 cm³/mol. The predicted octanol–water partition coefficient (Wildman–Crippen LogP) is -0.198. The number of sulfonamides is 1. The summed E-state index contributed by atoms with van der Waals surface area (Å²) in [4.78, 5) is 1.86. The van der Waals surface area contributed by atoms with E-state index in [-0.39, 0.29) is 22.9 Å². The van der Waals surface area contributed by atoms with Crippen LogP contribution in [0.25, 0.3) is 0 Å². The zero-order valence-electron chi connectivity index (χ0n) is 11.7. The fourth-order valence-corrected chi connectivity index (χ4v) is 4.55. The van der Waals surface area contributed by atoms with Crippen LogP contribution in [-0.2, 0) is 19.9 Å². The van der Waals surface area contributed by atoms with Crippen LogP contribution in [0.2, 0.25) is 0 Å². The molecular formula is C12H19N3O4S2. The average molecular weight is 333 g/mol. The molecule has 1 heterocycles. The topological polar surface area (TPSA) is 110 Å². The standard InChI is InChI=1S/C12H19N3O4S2/c1-14-21(18,19)12-9-10(13)3-4-11(12)15-5-2-7-20(16,17)8-6-15/h3-4,9,14H,2,5-8,13H2,1H3. The van der Waals surface area contributed by atoms with Gasteiger partial charge in [0.05, 0.1) is 17.2 Å². The molecule has 118 valence electrons. The van der Waals surface area contributed by atoms with Crippen LogP contribution in [-0.4, -0.2) is 48.5 Å². The molecule has 0 bridgehead atoms. The van der Waals surface area contributed by atoms with Crippen molar-refractivity contribution in [2.24, 2.45) is 0 Å². The number of sulfone groups is 1. The van der Waals surface area contributed by atoms with Crippen molar-refractivity contribution in [2.45, 2.75) is 11.3 Å². The summed E-state index contributed by atoms with van der Waals surface area (Å²) in [6, 6.07) is 4.63. The molecule has 0 saturated carbocycles. The molecule has 0 amide bonds. The molecular weight excluding hydrogens is 314 g/mol. The number of nitrogens with one attached hydrogen (secondary N) is 1. The molecule has 1 aliphatic rings. The van der Waals surface area contributed by atoms with Crippen molar-refractivity contribution in [1.82, 2.24) is 4.72 Å². The first-order valence-electron chi connectivity index (χ1n) is 6.54. The summed E-state index contributed by atoms with van der Waals surface area (Å²) in [7, 11) is -5.39.